The number of rotatable bonds is 4. The molecule has 1 aromatic rings. The Labute approximate surface area is 84.3 Å². The summed E-state index contributed by atoms with van der Waals surface area (Å²) in [5.74, 6) is 3.80. The molecular formula is C11H17N3. The Balaban J connectivity index is 1.46. The molecular weight excluding hydrogens is 174 g/mol. The van der Waals surface area contributed by atoms with Crippen LogP contribution in [0.15, 0.2) is 12.3 Å². The molecule has 0 amide bonds. The van der Waals surface area contributed by atoms with E-state index >= 15 is 0 Å². The highest BCUT2D eigenvalue weighted by atomic mass is 15.3. The van der Waals surface area contributed by atoms with Gasteiger partial charge in [0.1, 0.15) is 5.82 Å². The van der Waals surface area contributed by atoms with Crippen LogP contribution in [0.2, 0.25) is 0 Å². The summed E-state index contributed by atoms with van der Waals surface area (Å²) in [6.07, 6.45) is 7.74. The maximum Gasteiger partial charge on any atom is 0.145 e. The molecule has 2 atom stereocenters. The highest BCUT2D eigenvalue weighted by molar-refractivity contribution is 5.23. The van der Waals surface area contributed by atoms with Gasteiger partial charge in [-0.1, -0.05) is 0 Å². The molecule has 0 saturated heterocycles. The summed E-state index contributed by atoms with van der Waals surface area (Å²) in [5, 5.41) is 4.19. The average Bonchev–Trinajstić information content (AvgIpc) is 3.03. The zero-order valence-electron chi connectivity index (χ0n) is 8.39. The largest absolute Gasteiger partial charge is 0.382 e. The third-order valence-corrected chi connectivity index (χ3v) is 3.60. The van der Waals surface area contributed by atoms with Gasteiger partial charge in [-0.25, -0.2) is 0 Å². The molecule has 0 aliphatic heterocycles. The van der Waals surface area contributed by atoms with Gasteiger partial charge in [-0.15, -0.1) is 0 Å². The minimum absolute atomic E-state index is 0.638. The minimum Gasteiger partial charge on any atom is -0.382 e. The van der Waals surface area contributed by atoms with Crippen molar-refractivity contribution >= 4 is 5.82 Å². The molecule has 0 bridgehead atoms. The van der Waals surface area contributed by atoms with Crippen LogP contribution in [-0.4, -0.2) is 9.78 Å². The van der Waals surface area contributed by atoms with Crippen LogP contribution in [0, 0.1) is 17.8 Å². The monoisotopic (exact) mass is 191 g/mol. The van der Waals surface area contributed by atoms with Gasteiger partial charge in [-0.2, -0.15) is 5.10 Å². The van der Waals surface area contributed by atoms with Crippen molar-refractivity contribution in [2.75, 3.05) is 5.73 Å². The molecule has 2 N–H and O–H groups in total. The Hall–Kier alpha value is -0.990. The van der Waals surface area contributed by atoms with Crippen molar-refractivity contribution in [2.24, 2.45) is 17.8 Å². The first-order valence-corrected chi connectivity index (χ1v) is 5.62. The van der Waals surface area contributed by atoms with E-state index in [4.69, 9.17) is 5.73 Å². The molecule has 1 aromatic heterocycles. The van der Waals surface area contributed by atoms with Gasteiger partial charge in [-0.05, 0) is 49.5 Å². The van der Waals surface area contributed by atoms with E-state index in [1.807, 2.05) is 16.9 Å². The maximum atomic E-state index is 5.55. The smallest absolute Gasteiger partial charge is 0.145 e. The number of hydrogen-bond donors (Lipinski definition) is 1. The molecule has 3 rings (SSSR count). The molecule has 3 nitrogen and oxygen atoms in total. The lowest BCUT2D eigenvalue weighted by atomic mass is 10.2. The Morgan fingerprint density at radius 3 is 3.00 bits per heavy atom. The van der Waals surface area contributed by atoms with Crippen LogP contribution in [-0.2, 0) is 6.54 Å². The first-order chi connectivity index (χ1) is 6.83. The number of nitrogens with zero attached hydrogens (tertiary/aromatic N) is 2. The van der Waals surface area contributed by atoms with Gasteiger partial charge < -0.3 is 5.73 Å². The first-order valence-electron chi connectivity index (χ1n) is 5.62. The Kier molecular flexibility index (Phi) is 1.79. The van der Waals surface area contributed by atoms with E-state index in [2.05, 4.69) is 5.10 Å². The van der Waals surface area contributed by atoms with Gasteiger partial charge in [0.15, 0.2) is 0 Å². The van der Waals surface area contributed by atoms with Crippen molar-refractivity contribution in [1.82, 2.24) is 9.78 Å². The van der Waals surface area contributed by atoms with E-state index < -0.39 is 0 Å². The van der Waals surface area contributed by atoms with Gasteiger partial charge >= 0.3 is 0 Å². The fraction of sp³-hybridized carbons (Fsp3) is 0.727. The second-order valence-corrected chi connectivity index (χ2v) is 4.79. The highest BCUT2D eigenvalue weighted by Crippen LogP contribution is 2.55. The molecule has 2 fully saturated rings. The van der Waals surface area contributed by atoms with Crippen molar-refractivity contribution in [3.05, 3.63) is 12.3 Å². The summed E-state index contributed by atoms with van der Waals surface area (Å²) in [6.45, 7) is 1.05. The minimum atomic E-state index is 0.638. The molecule has 1 heterocycles. The van der Waals surface area contributed by atoms with Crippen molar-refractivity contribution in [1.29, 1.82) is 0 Å². The molecule has 0 spiro atoms. The first kappa shape index (κ1) is 8.33. The molecule has 2 saturated carbocycles. The second-order valence-electron chi connectivity index (χ2n) is 4.79. The van der Waals surface area contributed by atoms with E-state index in [9.17, 15) is 0 Å². The predicted molar refractivity (Wildman–Crippen MR) is 55.6 cm³/mol. The number of nitrogens with two attached hydrogens (primary N) is 1. The van der Waals surface area contributed by atoms with Gasteiger partial charge in [0, 0.05) is 12.7 Å². The molecule has 0 radical (unpaired) electrons. The van der Waals surface area contributed by atoms with Gasteiger partial charge in [0.05, 0.1) is 0 Å². The summed E-state index contributed by atoms with van der Waals surface area (Å²) >= 11 is 0. The summed E-state index contributed by atoms with van der Waals surface area (Å²) in [5.41, 5.74) is 5.55. The van der Waals surface area contributed by atoms with Crippen molar-refractivity contribution in [3.63, 3.8) is 0 Å². The maximum absolute atomic E-state index is 5.55. The van der Waals surface area contributed by atoms with E-state index in [1.165, 1.54) is 25.7 Å². The number of aromatic nitrogens is 2. The Morgan fingerprint density at radius 1 is 1.50 bits per heavy atom. The lowest BCUT2D eigenvalue weighted by Crippen LogP contribution is -2.01. The normalized spacial score (nSPS) is 30.6. The lowest BCUT2D eigenvalue weighted by Gasteiger charge is -2.00. The fourth-order valence-electron chi connectivity index (χ4n) is 2.50. The third kappa shape index (κ3) is 1.63. The SMILES string of the molecule is Nc1ccn(CC[C@@H]2C[C@H]2C2CC2)n1. The molecule has 2 aliphatic rings. The van der Waals surface area contributed by atoms with E-state index in [1.54, 1.807) is 0 Å². The zero-order valence-corrected chi connectivity index (χ0v) is 8.39. The number of anilines is 1. The van der Waals surface area contributed by atoms with Gasteiger partial charge in [0.25, 0.3) is 0 Å². The van der Waals surface area contributed by atoms with Gasteiger partial charge in [-0.3, -0.25) is 4.68 Å². The van der Waals surface area contributed by atoms with Crippen LogP contribution in [0.5, 0.6) is 0 Å². The third-order valence-electron chi connectivity index (χ3n) is 3.60. The van der Waals surface area contributed by atoms with Gasteiger partial charge in [0.2, 0.25) is 0 Å². The topological polar surface area (TPSA) is 43.8 Å². The molecule has 0 aromatic carbocycles. The van der Waals surface area contributed by atoms with Crippen molar-refractivity contribution in [2.45, 2.75) is 32.2 Å². The lowest BCUT2D eigenvalue weighted by molar-refractivity contribution is 0.510. The van der Waals surface area contributed by atoms with Crippen LogP contribution in [0.1, 0.15) is 25.7 Å². The number of hydrogen-bond acceptors (Lipinski definition) is 2. The van der Waals surface area contributed by atoms with E-state index in [0.717, 1.165) is 24.3 Å². The van der Waals surface area contributed by atoms with E-state index in [-0.39, 0.29) is 0 Å². The molecule has 2 aliphatic carbocycles. The average molecular weight is 191 g/mol. The Bertz CT molecular complexity index is 327. The van der Waals surface area contributed by atoms with Crippen molar-refractivity contribution < 1.29 is 0 Å². The molecule has 14 heavy (non-hydrogen) atoms. The Morgan fingerprint density at radius 2 is 2.36 bits per heavy atom. The van der Waals surface area contributed by atoms with Crippen LogP contribution < -0.4 is 5.73 Å². The van der Waals surface area contributed by atoms with E-state index in [0.29, 0.717) is 5.82 Å². The molecule has 0 unspecified atom stereocenters. The van der Waals surface area contributed by atoms with Crippen LogP contribution in [0.4, 0.5) is 5.82 Å². The molecule has 76 valence electrons. The summed E-state index contributed by atoms with van der Waals surface area (Å²) in [7, 11) is 0. The predicted octanol–water partition coefficient (Wildman–Crippen LogP) is 1.90. The summed E-state index contributed by atoms with van der Waals surface area (Å²) in [4.78, 5) is 0. The number of nitrogen functional groups attached to an aromatic ring is 1. The zero-order chi connectivity index (χ0) is 9.54. The van der Waals surface area contributed by atoms with Crippen molar-refractivity contribution in [3.8, 4) is 0 Å². The summed E-state index contributed by atoms with van der Waals surface area (Å²) < 4.78 is 1.97. The second kappa shape index (κ2) is 3.01. The fourth-order valence-corrected chi connectivity index (χ4v) is 2.50. The van der Waals surface area contributed by atoms with Crippen LogP contribution >= 0.6 is 0 Å². The van der Waals surface area contributed by atoms with Crippen LogP contribution in [0.3, 0.4) is 0 Å². The number of aryl methyl sites for hydroxylation is 1. The van der Waals surface area contributed by atoms with Crippen LogP contribution in [0.25, 0.3) is 0 Å². The highest BCUT2D eigenvalue weighted by Gasteiger charge is 2.46. The summed E-state index contributed by atoms with van der Waals surface area (Å²) in [6, 6.07) is 1.87. The standard InChI is InChI=1S/C11H17N3/c12-11-4-6-14(13-11)5-3-9-7-10(9)8-1-2-8/h4,6,8-10H,1-3,5,7H2,(H2,12,13)/t9-,10+/m1/s1. The quantitative estimate of drug-likeness (QED) is 0.790. The molecule has 3 heteroatoms.